The van der Waals surface area contributed by atoms with Crippen LogP contribution in [0.15, 0.2) is 48.5 Å². The number of halogens is 3. The lowest BCUT2D eigenvalue weighted by Gasteiger charge is -2.25. The maximum Gasteiger partial charge on any atom is 0.305 e. The molecule has 8 nitrogen and oxygen atoms in total. The van der Waals surface area contributed by atoms with Crippen molar-refractivity contribution < 1.29 is 28.9 Å². The van der Waals surface area contributed by atoms with Crippen molar-refractivity contribution in [2.24, 2.45) is 5.41 Å². The number of amides is 1. The first-order chi connectivity index (χ1) is 16.9. The molecule has 0 spiro atoms. The lowest BCUT2D eigenvalue weighted by atomic mass is 9.90. The van der Waals surface area contributed by atoms with Crippen molar-refractivity contribution in [1.82, 2.24) is 15.1 Å². The smallest absolute Gasteiger partial charge is 0.305 e. The van der Waals surface area contributed by atoms with Crippen LogP contribution in [-0.4, -0.2) is 44.6 Å². The molecule has 0 bridgehead atoms. The minimum absolute atomic E-state index is 0.0177. The first-order valence-corrected chi connectivity index (χ1v) is 11.8. The molecule has 0 aliphatic rings. The van der Waals surface area contributed by atoms with Crippen molar-refractivity contribution in [2.45, 2.75) is 39.3 Å². The van der Waals surface area contributed by atoms with Gasteiger partial charge in [0.1, 0.15) is 18.1 Å². The Bertz CT molecular complexity index is 1260. The molecule has 0 unspecified atom stereocenters. The number of para-hydroxylation sites is 1. The highest BCUT2D eigenvalue weighted by Gasteiger charge is 2.27. The fourth-order valence-corrected chi connectivity index (χ4v) is 3.66. The van der Waals surface area contributed by atoms with Crippen molar-refractivity contribution in [3.63, 3.8) is 0 Å². The van der Waals surface area contributed by atoms with Crippen LogP contribution in [0.5, 0.6) is 5.88 Å². The maximum atomic E-state index is 14.6. The van der Waals surface area contributed by atoms with E-state index in [1.165, 1.54) is 24.3 Å². The monoisotopic (exact) mass is 537 g/mol. The van der Waals surface area contributed by atoms with Crippen LogP contribution in [0.4, 0.5) is 4.39 Å². The molecule has 0 fully saturated rings. The lowest BCUT2D eigenvalue weighted by Crippen LogP contribution is -2.32. The number of aliphatic hydroxyl groups excluding tert-OH is 1. The molecule has 0 saturated heterocycles. The molecule has 1 heterocycles. The SMILES string of the molecule is CC(C)(C)[C@H](O)COc1cc(C(=O)N[C@@H](CC(=O)O)c2cccc(Cl)c2Cl)nn1-c1ccccc1F. The summed E-state index contributed by atoms with van der Waals surface area (Å²) in [5, 5.41) is 26.9. The van der Waals surface area contributed by atoms with Crippen LogP contribution in [0, 0.1) is 11.2 Å². The Hall–Kier alpha value is -3.14. The van der Waals surface area contributed by atoms with Crippen LogP contribution in [-0.2, 0) is 4.79 Å². The molecule has 36 heavy (non-hydrogen) atoms. The summed E-state index contributed by atoms with van der Waals surface area (Å²) in [5.41, 5.74) is -0.300. The number of rotatable bonds is 9. The second kappa shape index (κ2) is 11.3. The van der Waals surface area contributed by atoms with Crippen molar-refractivity contribution in [3.05, 3.63) is 75.7 Å². The Morgan fingerprint density at radius 1 is 1.17 bits per heavy atom. The lowest BCUT2D eigenvalue weighted by molar-refractivity contribution is -0.137. The zero-order chi connectivity index (χ0) is 26.6. The van der Waals surface area contributed by atoms with Gasteiger partial charge in [-0.1, -0.05) is 68.2 Å². The second-order valence-electron chi connectivity index (χ2n) is 9.19. The first kappa shape index (κ1) is 27.4. The van der Waals surface area contributed by atoms with Crippen molar-refractivity contribution >= 4 is 35.1 Å². The van der Waals surface area contributed by atoms with E-state index in [-0.39, 0.29) is 33.9 Å². The number of benzene rings is 2. The van der Waals surface area contributed by atoms with Crippen LogP contribution < -0.4 is 10.1 Å². The van der Waals surface area contributed by atoms with E-state index in [0.29, 0.717) is 5.56 Å². The number of ether oxygens (including phenoxy) is 1. The Labute approximate surface area is 217 Å². The first-order valence-electron chi connectivity index (χ1n) is 11.0. The molecule has 192 valence electrons. The topological polar surface area (TPSA) is 114 Å². The molecule has 1 aromatic heterocycles. The number of nitrogens with zero attached hydrogens (tertiary/aromatic N) is 2. The summed E-state index contributed by atoms with van der Waals surface area (Å²) in [5.74, 6) is -2.51. The van der Waals surface area contributed by atoms with Gasteiger partial charge in [0.25, 0.3) is 5.91 Å². The van der Waals surface area contributed by atoms with Crippen LogP contribution in [0.1, 0.15) is 49.3 Å². The maximum absolute atomic E-state index is 14.6. The number of carbonyl (C=O) groups is 2. The number of hydrogen-bond donors (Lipinski definition) is 3. The van der Waals surface area contributed by atoms with Crippen LogP contribution in [0.25, 0.3) is 5.69 Å². The standard InChI is InChI=1S/C25H26Cl2FN3O5/c1-25(2,3)20(32)13-36-21-11-18(30-31(21)19-10-5-4-9-16(19)28)24(35)29-17(12-22(33)34)14-7-6-8-15(26)23(14)27/h4-11,17,20,32H,12-13H2,1-3H3,(H,29,35)(H,33,34)/t17-,20+/m0/s1. The molecule has 0 radical (unpaired) electrons. The van der Waals surface area contributed by atoms with Gasteiger partial charge in [-0.15, -0.1) is 0 Å². The van der Waals surface area contributed by atoms with Gasteiger partial charge in [0.05, 0.1) is 28.6 Å². The highest BCUT2D eigenvalue weighted by Crippen LogP contribution is 2.32. The molecule has 0 aliphatic carbocycles. The van der Waals surface area contributed by atoms with Gasteiger partial charge in [-0.2, -0.15) is 9.78 Å². The molecule has 11 heteroatoms. The second-order valence-corrected chi connectivity index (χ2v) is 9.98. The minimum atomic E-state index is -1.17. The summed E-state index contributed by atoms with van der Waals surface area (Å²) in [7, 11) is 0. The number of carboxylic acid groups (broad SMARTS) is 1. The van der Waals surface area contributed by atoms with Gasteiger partial charge in [0, 0.05) is 6.07 Å². The van der Waals surface area contributed by atoms with E-state index >= 15 is 0 Å². The Kier molecular flexibility index (Phi) is 8.60. The number of nitrogens with one attached hydrogen (secondary N) is 1. The predicted octanol–water partition coefficient (Wildman–Crippen LogP) is 5.05. The summed E-state index contributed by atoms with van der Waals surface area (Å²) in [6.45, 7) is 5.36. The number of aliphatic hydroxyl groups is 1. The van der Waals surface area contributed by atoms with Gasteiger partial charge >= 0.3 is 5.97 Å². The molecule has 2 aromatic carbocycles. The van der Waals surface area contributed by atoms with Gasteiger partial charge in [-0.3, -0.25) is 9.59 Å². The minimum Gasteiger partial charge on any atom is -0.481 e. The zero-order valence-electron chi connectivity index (χ0n) is 19.8. The molecule has 0 aliphatic heterocycles. The van der Waals surface area contributed by atoms with Gasteiger partial charge in [-0.05, 0) is 29.2 Å². The fraction of sp³-hybridized carbons (Fsp3) is 0.320. The third-order valence-corrected chi connectivity index (χ3v) is 6.25. The van der Waals surface area contributed by atoms with Gasteiger partial charge in [0.15, 0.2) is 5.69 Å². The van der Waals surface area contributed by atoms with E-state index in [0.717, 1.165) is 4.68 Å². The largest absolute Gasteiger partial charge is 0.481 e. The summed E-state index contributed by atoms with van der Waals surface area (Å²) in [6, 6.07) is 10.7. The van der Waals surface area contributed by atoms with E-state index in [1.807, 2.05) is 20.8 Å². The summed E-state index contributed by atoms with van der Waals surface area (Å²) in [6.07, 6.45) is -1.33. The normalized spacial score (nSPS) is 13.2. The molecule has 0 saturated carbocycles. The predicted molar refractivity (Wildman–Crippen MR) is 133 cm³/mol. The summed E-state index contributed by atoms with van der Waals surface area (Å²) < 4.78 is 21.4. The number of carboxylic acids is 1. The highest BCUT2D eigenvalue weighted by atomic mass is 35.5. The Morgan fingerprint density at radius 2 is 1.86 bits per heavy atom. The average molecular weight is 538 g/mol. The molecule has 3 aromatic rings. The van der Waals surface area contributed by atoms with E-state index < -0.39 is 41.7 Å². The third-order valence-electron chi connectivity index (χ3n) is 5.42. The van der Waals surface area contributed by atoms with E-state index in [4.69, 9.17) is 27.9 Å². The van der Waals surface area contributed by atoms with E-state index in [1.54, 1.807) is 24.3 Å². The van der Waals surface area contributed by atoms with Crippen molar-refractivity contribution in [3.8, 4) is 11.6 Å². The molecule has 1 amide bonds. The highest BCUT2D eigenvalue weighted by molar-refractivity contribution is 6.42. The summed E-state index contributed by atoms with van der Waals surface area (Å²) in [4.78, 5) is 24.6. The van der Waals surface area contributed by atoms with Gasteiger partial charge in [-0.25, -0.2) is 4.39 Å². The molecular formula is C25H26Cl2FN3O5. The van der Waals surface area contributed by atoms with Crippen LogP contribution >= 0.6 is 23.2 Å². The number of carbonyl (C=O) groups excluding carboxylic acids is 1. The zero-order valence-corrected chi connectivity index (χ0v) is 21.3. The van der Waals surface area contributed by atoms with Crippen molar-refractivity contribution in [1.29, 1.82) is 0 Å². The Morgan fingerprint density at radius 3 is 2.50 bits per heavy atom. The quantitative estimate of drug-likeness (QED) is 0.352. The van der Waals surface area contributed by atoms with Crippen LogP contribution in [0.3, 0.4) is 0 Å². The molecule has 3 N–H and O–H groups in total. The van der Waals surface area contributed by atoms with Crippen LogP contribution in [0.2, 0.25) is 10.0 Å². The molecule has 2 atom stereocenters. The van der Waals surface area contributed by atoms with E-state index in [9.17, 15) is 24.2 Å². The fourth-order valence-electron chi connectivity index (χ4n) is 3.22. The third kappa shape index (κ3) is 6.54. The van der Waals surface area contributed by atoms with E-state index in [2.05, 4.69) is 10.4 Å². The average Bonchev–Trinajstić information content (AvgIpc) is 3.22. The van der Waals surface area contributed by atoms with Gasteiger partial charge in [0.2, 0.25) is 5.88 Å². The molecular weight excluding hydrogens is 512 g/mol. The molecule has 3 rings (SSSR count). The summed E-state index contributed by atoms with van der Waals surface area (Å²) >= 11 is 12.3. The number of hydrogen-bond acceptors (Lipinski definition) is 5. The van der Waals surface area contributed by atoms with Crippen molar-refractivity contribution in [2.75, 3.05) is 6.61 Å². The van der Waals surface area contributed by atoms with Gasteiger partial charge < -0.3 is 20.3 Å². The number of aliphatic carboxylic acids is 1. The Balaban J connectivity index is 1.96. The number of aromatic nitrogens is 2.